The van der Waals surface area contributed by atoms with E-state index in [-0.39, 0.29) is 6.04 Å². The maximum atomic E-state index is 5.52. The molecule has 0 amide bonds. The van der Waals surface area contributed by atoms with E-state index in [1.165, 1.54) is 0 Å². The summed E-state index contributed by atoms with van der Waals surface area (Å²) in [7, 11) is 0. The van der Waals surface area contributed by atoms with E-state index in [9.17, 15) is 0 Å². The molecule has 0 saturated heterocycles. The SMILES string of the molecule is CCNCCNCC(C)N. The molecule has 0 aliphatic rings. The Labute approximate surface area is 63.4 Å². The third-order valence-corrected chi connectivity index (χ3v) is 1.19. The molecule has 1 unspecified atom stereocenters. The molecule has 0 spiro atoms. The fourth-order valence-corrected chi connectivity index (χ4v) is 0.683. The zero-order chi connectivity index (χ0) is 7.82. The Morgan fingerprint density at radius 1 is 1.30 bits per heavy atom. The summed E-state index contributed by atoms with van der Waals surface area (Å²) in [5.74, 6) is 0. The summed E-state index contributed by atoms with van der Waals surface area (Å²) in [5.41, 5.74) is 5.52. The molecule has 62 valence electrons. The predicted octanol–water partition coefficient (Wildman–Crippen LogP) is -0.467. The largest absolute Gasteiger partial charge is 0.327 e. The molecule has 1 atom stereocenters. The van der Waals surface area contributed by atoms with Crippen LogP contribution in [0.15, 0.2) is 0 Å². The number of nitrogens with two attached hydrogens (primary N) is 1. The van der Waals surface area contributed by atoms with Gasteiger partial charge in [0.2, 0.25) is 0 Å². The number of rotatable bonds is 6. The number of likely N-dealkylation sites (N-methyl/N-ethyl adjacent to an activating group) is 1. The van der Waals surface area contributed by atoms with Gasteiger partial charge in [0.1, 0.15) is 0 Å². The minimum atomic E-state index is 0.265. The summed E-state index contributed by atoms with van der Waals surface area (Å²) in [6, 6.07) is 0.265. The molecule has 0 aliphatic carbocycles. The van der Waals surface area contributed by atoms with Crippen LogP contribution in [0.4, 0.5) is 0 Å². The minimum absolute atomic E-state index is 0.265. The Morgan fingerprint density at radius 2 is 1.90 bits per heavy atom. The zero-order valence-electron chi connectivity index (χ0n) is 6.98. The van der Waals surface area contributed by atoms with Gasteiger partial charge in [0.15, 0.2) is 0 Å². The highest BCUT2D eigenvalue weighted by molar-refractivity contribution is 4.57. The van der Waals surface area contributed by atoms with Crippen molar-refractivity contribution in [2.45, 2.75) is 19.9 Å². The lowest BCUT2D eigenvalue weighted by molar-refractivity contribution is 0.582. The Hall–Kier alpha value is -0.120. The van der Waals surface area contributed by atoms with Crippen molar-refractivity contribution in [2.75, 3.05) is 26.2 Å². The van der Waals surface area contributed by atoms with Gasteiger partial charge < -0.3 is 16.4 Å². The van der Waals surface area contributed by atoms with Gasteiger partial charge in [0.05, 0.1) is 0 Å². The Morgan fingerprint density at radius 3 is 2.40 bits per heavy atom. The molecule has 0 radical (unpaired) electrons. The van der Waals surface area contributed by atoms with Crippen LogP contribution >= 0.6 is 0 Å². The second kappa shape index (κ2) is 6.99. The Bertz CT molecular complexity index is 63.9. The highest BCUT2D eigenvalue weighted by Gasteiger charge is 1.90. The maximum Gasteiger partial charge on any atom is 0.0136 e. The fraction of sp³-hybridized carbons (Fsp3) is 1.00. The van der Waals surface area contributed by atoms with Crippen LogP contribution in [-0.4, -0.2) is 32.2 Å². The summed E-state index contributed by atoms with van der Waals surface area (Å²) in [5, 5.41) is 6.45. The topological polar surface area (TPSA) is 50.1 Å². The van der Waals surface area contributed by atoms with Crippen LogP contribution in [0.5, 0.6) is 0 Å². The molecule has 10 heavy (non-hydrogen) atoms. The third kappa shape index (κ3) is 7.88. The van der Waals surface area contributed by atoms with Crippen molar-refractivity contribution in [3.05, 3.63) is 0 Å². The highest BCUT2D eigenvalue weighted by atomic mass is 14.9. The van der Waals surface area contributed by atoms with Crippen molar-refractivity contribution in [2.24, 2.45) is 5.73 Å². The smallest absolute Gasteiger partial charge is 0.0136 e. The maximum absolute atomic E-state index is 5.52. The van der Waals surface area contributed by atoms with E-state index in [0.717, 1.165) is 26.2 Å². The Balaban J connectivity index is 2.77. The summed E-state index contributed by atoms with van der Waals surface area (Å²) >= 11 is 0. The van der Waals surface area contributed by atoms with E-state index in [1.54, 1.807) is 0 Å². The standard InChI is InChI=1S/C7H19N3/c1-3-9-4-5-10-6-7(2)8/h7,9-10H,3-6,8H2,1-2H3. The molecule has 0 fully saturated rings. The number of nitrogens with one attached hydrogen (secondary N) is 2. The van der Waals surface area contributed by atoms with Crippen molar-refractivity contribution in [1.29, 1.82) is 0 Å². The predicted molar refractivity (Wildman–Crippen MR) is 45.1 cm³/mol. The van der Waals surface area contributed by atoms with E-state index >= 15 is 0 Å². The summed E-state index contributed by atoms with van der Waals surface area (Å²) in [6.45, 7) is 8.09. The van der Waals surface area contributed by atoms with Gasteiger partial charge >= 0.3 is 0 Å². The van der Waals surface area contributed by atoms with Gasteiger partial charge in [-0.15, -0.1) is 0 Å². The van der Waals surface area contributed by atoms with Gasteiger partial charge in [0, 0.05) is 25.7 Å². The second-order valence-electron chi connectivity index (χ2n) is 2.53. The van der Waals surface area contributed by atoms with Gasteiger partial charge in [-0.05, 0) is 13.5 Å². The minimum Gasteiger partial charge on any atom is -0.327 e. The van der Waals surface area contributed by atoms with Crippen molar-refractivity contribution >= 4 is 0 Å². The van der Waals surface area contributed by atoms with Crippen molar-refractivity contribution in [3.8, 4) is 0 Å². The Kier molecular flexibility index (Phi) is 6.91. The van der Waals surface area contributed by atoms with E-state index in [2.05, 4.69) is 17.6 Å². The van der Waals surface area contributed by atoms with Crippen LogP contribution in [0.3, 0.4) is 0 Å². The fourth-order valence-electron chi connectivity index (χ4n) is 0.683. The van der Waals surface area contributed by atoms with Crippen molar-refractivity contribution in [1.82, 2.24) is 10.6 Å². The molecular weight excluding hydrogens is 126 g/mol. The first kappa shape index (κ1) is 9.88. The molecule has 0 aromatic carbocycles. The van der Waals surface area contributed by atoms with Crippen LogP contribution < -0.4 is 16.4 Å². The van der Waals surface area contributed by atoms with Crippen molar-refractivity contribution < 1.29 is 0 Å². The molecule has 0 aromatic heterocycles. The summed E-state index contributed by atoms with van der Waals surface area (Å²) in [4.78, 5) is 0. The van der Waals surface area contributed by atoms with Crippen LogP contribution in [0.1, 0.15) is 13.8 Å². The summed E-state index contributed by atoms with van der Waals surface area (Å²) in [6.07, 6.45) is 0. The molecule has 0 aliphatic heterocycles. The molecule has 0 rings (SSSR count). The van der Waals surface area contributed by atoms with Crippen LogP contribution in [0.25, 0.3) is 0 Å². The monoisotopic (exact) mass is 145 g/mol. The van der Waals surface area contributed by atoms with Gasteiger partial charge in [-0.2, -0.15) is 0 Å². The third-order valence-electron chi connectivity index (χ3n) is 1.19. The average molecular weight is 145 g/mol. The molecule has 0 saturated carbocycles. The van der Waals surface area contributed by atoms with E-state index < -0.39 is 0 Å². The van der Waals surface area contributed by atoms with Gasteiger partial charge in [-0.1, -0.05) is 6.92 Å². The first-order chi connectivity index (χ1) is 4.77. The normalized spacial score (nSPS) is 13.5. The average Bonchev–Trinajstić information content (AvgIpc) is 1.87. The quantitative estimate of drug-likeness (QED) is 0.443. The van der Waals surface area contributed by atoms with Crippen LogP contribution in [0.2, 0.25) is 0 Å². The number of hydrogen-bond acceptors (Lipinski definition) is 3. The molecule has 0 aromatic rings. The highest BCUT2D eigenvalue weighted by Crippen LogP contribution is 1.68. The lowest BCUT2D eigenvalue weighted by atomic mass is 10.3. The van der Waals surface area contributed by atoms with Crippen LogP contribution in [-0.2, 0) is 0 Å². The lowest BCUT2D eigenvalue weighted by Gasteiger charge is -2.06. The first-order valence-corrected chi connectivity index (χ1v) is 3.94. The molecule has 3 nitrogen and oxygen atoms in total. The summed E-state index contributed by atoms with van der Waals surface area (Å²) < 4.78 is 0. The van der Waals surface area contributed by atoms with Gasteiger partial charge in [-0.25, -0.2) is 0 Å². The van der Waals surface area contributed by atoms with E-state index in [1.807, 2.05) is 6.92 Å². The van der Waals surface area contributed by atoms with Gasteiger partial charge in [-0.3, -0.25) is 0 Å². The van der Waals surface area contributed by atoms with Crippen molar-refractivity contribution in [3.63, 3.8) is 0 Å². The molecule has 3 heteroatoms. The van der Waals surface area contributed by atoms with E-state index in [4.69, 9.17) is 5.73 Å². The molecule has 0 bridgehead atoms. The lowest BCUT2D eigenvalue weighted by Crippen LogP contribution is -2.35. The van der Waals surface area contributed by atoms with Crippen LogP contribution in [0, 0.1) is 0 Å². The first-order valence-electron chi connectivity index (χ1n) is 3.94. The molecule has 0 heterocycles. The molecular formula is C7H19N3. The van der Waals surface area contributed by atoms with Gasteiger partial charge in [0.25, 0.3) is 0 Å². The van der Waals surface area contributed by atoms with E-state index in [0.29, 0.717) is 0 Å². The second-order valence-corrected chi connectivity index (χ2v) is 2.53. The number of hydrogen-bond donors (Lipinski definition) is 3. The zero-order valence-corrected chi connectivity index (χ0v) is 6.98. The molecule has 4 N–H and O–H groups in total.